The van der Waals surface area contributed by atoms with E-state index in [1.165, 1.54) is 11.8 Å². The van der Waals surface area contributed by atoms with Crippen LogP contribution in [0.5, 0.6) is 0 Å². The maximum absolute atomic E-state index is 6.84. The van der Waals surface area contributed by atoms with E-state index >= 15 is 0 Å². The topological polar surface area (TPSA) is 149 Å². The van der Waals surface area contributed by atoms with Crippen molar-refractivity contribution in [1.82, 2.24) is 25.6 Å². The van der Waals surface area contributed by atoms with Crippen molar-refractivity contribution in [2.75, 3.05) is 37.7 Å². The van der Waals surface area contributed by atoms with Crippen LogP contribution in [0.3, 0.4) is 0 Å². The van der Waals surface area contributed by atoms with Gasteiger partial charge in [-0.05, 0) is 38.7 Å². The first-order chi connectivity index (χ1) is 19.8. The molecular formula is C27H36Cl3N9O2S. The number of aromatic nitrogens is 3. The molecule has 0 amide bonds. The minimum absolute atomic E-state index is 0. The monoisotopic (exact) mass is 655 g/mol. The van der Waals surface area contributed by atoms with Gasteiger partial charge in [-0.15, -0.1) is 12.4 Å². The highest BCUT2D eigenvalue weighted by atomic mass is 35.5. The molecule has 0 bridgehead atoms. The lowest BCUT2D eigenvalue weighted by atomic mass is 9.73. The van der Waals surface area contributed by atoms with Gasteiger partial charge in [-0.3, -0.25) is 10.7 Å². The molecule has 228 valence electrons. The third-order valence-electron chi connectivity index (χ3n) is 8.43. The van der Waals surface area contributed by atoms with Crippen LogP contribution in [0.4, 0.5) is 5.82 Å². The molecule has 4 aliphatic heterocycles. The van der Waals surface area contributed by atoms with Gasteiger partial charge in [0.05, 0.1) is 41.3 Å². The van der Waals surface area contributed by atoms with E-state index in [0.717, 1.165) is 62.7 Å². The maximum atomic E-state index is 6.84. The van der Waals surface area contributed by atoms with E-state index in [9.17, 15) is 0 Å². The summed E-state index contributed by atoms with van der Waals surface area (Å²) in [5.41, 5.74) is 13.6. The van der Waals surface area contributed by atoms with Gasteiger partial charge in [0.2, 0.25) is 5.79 Å². The third-order valence-corrected chi connectivity index (χ3v) is 10.2. The molecule has 6 N–H and O–H groups in total. The number of rotatable bonds is 6. The second kappa shape index (κ2) is 13.0. The fourth-order valence-electron chi connectivity index (χ4n) is 5.83. The zero-order chi connectivity index (χ0) is 28.6. The highest BCUT2D eigenvalue weighted by Crippen LogP contribution is 2.42. The molecule has 4 atom stereocenters. The van der Waals surface area contributed by atoms with Crippen molar-refractivity contribution in [2.24, 2.45) is 21.9 Å². The lowest BCUT2D eigenvalue weighted by Crippen LogP contribution is -2.52. The van der Waals surface area contributed by atoms with Crippen LogP contribution >= 0.6 is 47.4 Å². The van der Waals surface area contributed by atoms with E-state index in [-0.39, 0.29) is 36.1 Å². The summed E-state index contributed by atoms with van der Waals surface area (Å²) in [5.74, 6) is -0.0995. The number of nitrogens with two attached hydrogens (primary N) is 2. The molecule has 11 nitrogen and oxygen atoms in total. The largest absolute Gasteiger partial charge is 0.376 e. The molecule has 6 rings (SSSR count). The average Bonchev–Trinajstić information content (AvgIpc) is 3.60. The molecule has 0 radical (unpaired) electrons. The van der Waals surface area contributed by atoms with E-state index in [1.54, 1.807) is 24.8 Å². The van der Waals surface area contributed by atoms with Crippen molar-refractivity contribution in [2.45, 2.75) is 66.6 Å². The zero-order valence-electron chi connectivity index (χ0n) is 23.3. The van der Waals surface area contributed by atoms with Crippen LogP contribution in [0.25, 0.3) is 0 Å². The van der Waals surface area contributed by atoms with Crippen LogP contribution in [0.1, 0.15) is 38.3 Å². The van der Waals surface area contributed by atoms with Gasteiger partial charge >= 0.3 is 0 Å². The Morgan fingerprint density at radius 2 is 2.00 bits per heavy atom. The number of pyridine rings is 1. The smallest absolute Gasteiger partial charge is 0.229 e. The summed E-state index contributed by atoms with van der Waals surface area (Å²) in [5, 5.41) is 7.79. The first kappa shape index (κ1) is 31.5. The number of aliphatic imine (C=N–C) groups is 1. The normalized spacial score (nSPS) is 28.6. The molecule has 42 heavy (non-hydrogen) atoms. The number of ether oxygens (including phenoxy) is 2. The van der Waals surface area contributed by atoms with Crippen molar-refractivity contribution >= 4 is 59.0 Å². The molecule has 6 heterocycles. The minimum atomic E-state index is -1.41. The SMILES string of the molecule is C[C@@H]1OCC2(CCN(c3cnc(Sc4ccnc(C5(N)N=C(NC[C@H]6CCCO6)C(Cl)=CN5)c4Cl)cn3)CC2)[C@@H]1N.Cl. The van der Waals surface area contributed by atoms with Crippen molar-refractivity contribution in [3.63, 3.8) is 0 Å². The number of hydrogen-bond acceptors (Lipinski definition) is 12. The number of amidine groups is 1. The summed E-state index contributed by atoms with van der Waals surface area (Å²) in [6.07, 6.45) is 11.1. The van der Waals surface area contributed by atoms with Crippen LogP contribution in [0, 0.1) is 5.41 Å². The lowest BCUT2D eigenvalue weighted by molar-refractivity contribution is 0.0974. The van der Waals surface area contributed by atoms with Gasteiger partial charge in [0, 0.05) is 55.0 Å². The number of anilines is 1. The van der Waals surface area contributed by atoms with Gasteiger partial charge in [-0.2, -0.15) is 0 Å². The van der Waals surface area contributed by atoms with Crippen LogP contribution < -0.4 is 27.0 Å². The Hall–Kier alpha value is -1.90. The highest BCUT2D eigenvalue weighted by molar-refractivity contribution is 7.99. The summed E-state index contributed by atoms with van der Waals surface area (Å²) in [4.78, 5) is 21.5. The molecule has 4 aliphatic rings. The number of halogens is 3. The Balaban J connectivity index is 0.00000353. The van der Waals surface area contributed by atoms with E-state index in [4.69, 9.17) is 49.1 Å². The van der Waals surface area contributed by atoms with Crippen LogP contribution in [-0.2, 0) is 15.3 Å². The van der Waals surface area contributed by atoms with Crippen molar-refractivity contribution < 1.29 is 9.47 Å². The summed E-state index contributed by atoms with van der Waals surface area (Å²) >= 11 is 14.6. The second-order valence-electron chi connectivity index (χ2n) is 11.1. The number of nitrogens with zero attached hydrogens (tertiary/aromatic N) is 5. The van der Waals surface area contributed by atoms with Crippen LogP contribution in [0.2, 0.25) is 5.02 Å². The molecule has 3 fully saturated rings. The van der Waals surface area contributed by atoms with E-state index in [2.05, 4.69) is 37.4 Å². The van der Waals surface area contributed by atoms with Crippen LogP contribution in [-0.4, -0.2) is 71.9 Å². The molecule has 0 aliphatic carbocycles. The van der Waals surface area contributed by atoms with E-state index in [0.29, 0.717) is 33.2 Å². The zero-order valence-corrected chi connectivity index (χ0v) is 26.4. The lowest BCUT2D eigenvalue weighted by Gasteiger charge is -2.41. The fraction of sp³-hybridized carbons (Fsp3) is 0.556. The Labute approximate surface area is 266 Å². The minimum Gasteiger partial charge on any atom is -0.376 e. The van der Waals surface area contributed by atoms with Crippen molar-refractivity contribution in [3.05, 3.63) is 46.6 Å². The first-order valence-electron chi connectivity index (χ1n) is 13.9. The van der Waals surface area contributed by atoms with Gasteiger partial charge in [0.15, 0.2) is 0 Å². The fourth-order valence-corrected chi connectivity index (χ4v) is 7.11. The summed E-state index contributed by atoms with van der Waals surface area (Å²) in [6, 6.07) is 1.90. The summed E-state index contributed by atoms with van der Waals surface area (Å²) < 4.78 is 11.5. The van der Waals surface area contributed by atoms with Gasteiger partial charge in [-0.1, -0.05) is 35.0 Å². The van der Waals surface area contributed by atoms with E-state index in [1.807, 2.05) is 6.07 Å². The summed E-state index contributed by atoms with van der Waals surface area (Å²) in [7, 11) is 0. The average molecular weight is 657 g/mol. The molecule has 15 heteroatoms. The van der Waals surface area contributed by atoms with Crippen molar-refractivity contribution in [3.8, 4) is 0 Å². The molecule has 0 aromatic carbocycles. The van der Waals surface area contributed by atoms with Gasteiger partial charge in [-0.25, -0.2) is 15.0 Å². The summed E-state index contributed by atoms with van der Waals surface area (Å²) in [6.45, 7) is 5.90. The number of hydrogen-bond donors (Lipinski definition) is 4. The molecule has 0 saturated carbocycles. The van der Waals surface area contributed by atoms with Gasteiger partial charge in [0.1, 0.15) is 22.4 Å². The molecule has 2 aromatic heterocycles. The molecule has 3 saturated heterocycles. The number of nitrogens with one attached hydrogen (secondary N) is 2. The Morgan fingerprint density at radius 3 is 2.67 bits per heavy atom. The molecule has 1 spiro atoms. The Kier molecular flexibility index (Phi) is 9.75. The van der Waals surface area contributed by atoms with Crippen molar-refractivity contribution in [1.29, 1.82) is 0 Å². The standard InChI is InChI=1S/C27H35Cl2N9O2S.ClH/c1-16-23(30)26(15-40-16)5-8-38(9-6-26)20-13-34-21(14-33-20)41-19-4-7-32-24(22(19)29)27(31)36-12-18(28)25(37-27)35-11-17-3-2-10-39-17;/h4,7,12-14,16-17,23,36H,2-3,5-6,8-11,15,30-31H2,1H3,(H,35,37);1H/t16-,17+,23+,27?;/m0./s1. The maximum Gasteiger partial charge on any atom is 0.229 e. The van der Waals surface area contributed by atoms with E-state index < -0.39 is 5.79 Å². The third kappa shape index (κ3) is 6.32. The number of piperidine rings is 1. The first-order valence-corrected chi connectivity index (χ1v) is 15.5. The predicted molar refractivity (Wildman–Crippen MR) is 167 cm³/mol. The Bertz CT molecular complexity index is 1320. The molecule has 1 unspecified atom stereocenters. The Morgan fingerprint density at radius 1 is 1.19 bits per heavy atom. The van der Waals surface area contributed by atoms with Crippen LogP contribution in [0.15, 0.2) is 50.8 Å². The van der Waals surface area contributed by atoms with Gasteiger partial charge in [0.25, 0.3) is 0 Å². The molecule has 2 aromatic rings. The highest BCUT2D eigenvalue weighted by Gasteiger charge is 2.47. The molecular weight excluding hydrogens is 621 g/mol. The quantitative estimate of drug-likeness (QED) is 0.363. The second-order valence-corrected chi connectivity index (χ2v) is 12.9. The van der Waals surface area contributed by atoms with Gasteiger partial charge < -0.3 is 30.7 Å². The predicted octanol–water partition coefficient (Wildman–Crippen LogP) is 3.35.